The van der Waals surface area contributed by atoms with Crippen molar-refractivity contribution >= 4 is 128 Å². The summed E-state index contributed by atoms with van der Waals surface area (Å²) in [7, 11) is 0. The van der Waals surface area contributed by atoms with Crippen molar-refractivity contribution in [2.24, 2.45) is 0 Å². The first kappa shape index (κ1) is 37.9. The van der Waals surface area contributed by atoms with Crippen LogP contribution in [-0.4, -0.2) is 13.7 Å². The minimum Gasteiger partial charge on any atom is -0.308 e. The molecule has 5 nitrogen and oxygen atoms in total. The number of fused-ring (bicyclic) bond motifs is 15. The van der Waals surface area contributed by atoms with Gasteiger partial charge < -0.3 is 13.7 Å². The average Bonchev–Trinajstić information content (AvgIpc) is 4.15. The molecule has 0 N–H and O–H groups in total. The van der Waals surface area contributed by atoms with E-state index in [0.717, 1.165) is 96.1 Å². The maximum atomic E-state index is 14.7. The molecule has 10 heteroatoms. The normalized spacial score (nSPS) is 12.4. The van der Waals surface area contributed by atoms with Crippen molar-refractivity contribution in [3.05, 3.63) is 187 Å². The third-order valence-electron chi connectivity index (χ3n) is 13.5. The Hall–Kier alpha value is -8.41. The predicted octanol–water partition coefficient (Wildman–Crippen LogP) is 16.5. The molecule has 0 atom stereocenters. The number of para-hydroxylation sites is 3. The molecule has 14 aromatic rings. The Labute approximate surface area is 385 Å². The fourth-order valence-electron chi connectivity index (χ4n) is 10.7. The van der Waals surface area contributed by atoms with Crippen LogP contribution in [-0.2, 0) is 6.18 Å². The van der Waals surface area contributed by atoms with E-state index in [-0.39, 0.29) is 22.3 Å². The van der Waals surface area contributed by atoms with Crippen LogP contribution in [0.1, 0.15) is 16.7 Å². The lowest BCUT2D eigenvalue weighted by Gasteiger charge is -2.21. The summed E-state index contributed by atoms with van der Waals surface area (Å²) in [5.74, 6) is 0. The van der Waals surface area contributed by atoms with Gasteiger partial charge in [0, 0.05) is 72.7 Å². The molecular weight excluding hydrogens is 876 g/mol. The van der Waals surface area contributed by atoms with Gasteiger partial charge in [-0.15, -0.1) is 22.7 Å². The fraction of sp³-hybridized carbons (Fsp3) is 0.0175. The monoisotopic (exact) mass is 903 g/mol. The van der Waals surface area contributed by atoms with Crippen LogP contribution in [0.4, 0.5) is 13.2 Å². The van der Waals surface area contributed by atoms with E-state index in [1.807, 2.05) is 91.0 Å². The summed E-state index contributed by atoms with van der Waals surface area (Å²) in [5.41, 5.74) is 4.83. The van der Waals surface area contributed by atoms with Gasteiger partial charge in [-0.25, -0.2) is 0 Å². The summed E-state index contributed by atoms with van der Waals surface area (Å²) < 4.78 is 54.6. The fourth-order valence-corrected chi connectivity index (χ4v) is 13.0. The topological polar surface area (TPSA) is 62.4 Å². The number of thiophene rings is 2. The molecule has 0 bridgehead atoms. The molecule has 5 aromatic heterocycles. The van der Waals surface area contributed by atoms with Crippen LogP contribution in [0, 0.1) is 22.7 Å². The van der Waals surface area contributed by atoms with Gasteiger partial charge in [-0.3, -0.25) is 0 Å². The largest absolute Gasteiger partial charge is 0.416 e. The second kappa shape index (κ2) is 13.6. The number of alkyl halides is 3. The van der Waals surface area contributed by atoms with Gasteiger partial charge in [0.1, 0.15) is 23.3 Å². The number of aromatic nitrogens is 3. The Kier molecular flexibility index (Phi) is 7.68. The molecule has 0 spiro atoms. The van der Waals surface area contributed by atoms with Crippen molar-refractivity contribution in [1.82, 2.24) is 13.7 Å². The second-order valence-electron chi connectivity index (χ2n) is 17.0. The van der Waals surface area contributed by atoms with E-state index in [1.54, 1.807) is 27.2 Å². The number of hydrogen-bond acceptors (Lipinski definition) is 4. The van der Waals surface area contributed by atoms with Gasteiger partial charge >= 0.3 is 6.18 Å². The van der Waals surface area contributed by atoms with Crippen molar-refractivity contribution in [3.8, 4) is 29.2 Å². The van der Waals surface area contributed by atoms with Crippen LogP contribution >= 0.6 is 22.7 Å². The van der Waals surface area contributed by atoms with Gasteiger partial charge in [-0.05, 0) is 72.8 Å². The Morgan fingerprint density at radius 2 is 0.761 bits per heavy atom. The van der Waals surface area contributed by atoms with Crippen molar-refractivity contribution < 1.29 is 13.2 Å². The molecule has 0 fully saturated rings. The second-order valence-corrected chi connectivity index (χ2v) is 19.1. The summed E-state index contributed by atoms with van der Waals surface area (Å²) in [6.07, 6.45) is -4.65. The third kappa shape index (κ3) is 5.17. The van der Waals surface area contributed by atoms with Crippen LogP contribution in [0.15, 0.2) is 170 Å². The first-order chi connectivity index (χ1) is 32.8. The predicted molar refractivity (Wildman–Crippen MR) is 270 cm³/mol. The highest BCUT2D eigenvalue weighted by atomic mass is 32.1. The first-order valence-corrected chi connectivity index (χ1v) is 23.2. The lowest BCUT2D eigenvalue weighted by Crippen LogP contribution is -2.11. The van der Waals surface area contributed by atoms with E-state index < -0.39 is 11.7 Å². The van der Waals surface area contributed by atoms with Crippen molar-refractivity contribution in [2.45, 2.75) is 6.18 Å². The number of nitrogens with zero attached hydrogens (tertiary/aromatic N) is 5. The molecule has 9 aromatic carbocycles. The van der Waals surface area contributed by atoms with Crippen LogP contribution in [0.2, 0.25) is 0 Å². The zero-order valence-corrected chi connectivity index (χ0v) is 36.5. The Morgan fingerprint density at radius 1 is 0.358 bits per heavy atom. The maximum absolute atomic E-state index is 14.7. The lowest BCUT2D eigenvalue weighted by molar-refractivity contribution is -0.137. The molecular formula is C57H28F3N5S2. The molecule has 314 valence electrons. The molecule has 0 radical (unpaired) electrons. The van der Waals surface area contributed by atoms with Crippen molar-refractivity contribution in [2.75, 3.05) is 0 Å². The summed E-state index contributed by atoms with van der Waals surface area (Å²) >= 11 is 3.40. The zero-order chi connectivity index (χ0) is 44.9. The van der Waals surface area contributed by atoms with Crippen molar-refractivity contribution in [1.29, 1.82) is 10.5 Å². The van der Waals surface area contributed by atoms with Gasteiger partial charge in [0.05, 0.1) is 55.7 Å². The highest BCUT2D eigenvalue weighted by Crippen LogP contribution is 2.47. The minimum atomic E-state index is -4.65. The van der Waals surface area contributed by atoms with Crippen molar-refractivity contribution in [3.63, 3.8) is 0 Å². The van der Waals surface area contributed by atoms with E-state index in [2.05, 4.69) is 81.9 Å². The summed E-state index contributed by atoms with van der Waals surface area (Å²) in [5, 5.41) is 33.2. The SMILES string of the molecule is N#Cc1c(-n2c3ccccc3c3cc4c(cc32)sc2ccccc24)cc(-n2c3ccccc3c3cc4c(cc32)sc2ccccc24)c(C#N)c1-n1c2ccccc2c2ccc(C(F)(F)F)cc21. The van der Waals surface area contributed by atoms with Gasteiger partial charge in [-0.2, -0.15) is 23.7 Å². The molecule has 0 saturated carbocycles. The molecule has 14 rings (SSSR count). The van der Waals surface area contributed by atoms with Crippen LogP contribution in [0.3, 0.4) is 0 Å². The molecule has 0 amide bonds. The summed E-state index contributed by atoms with van der Waals surface area (Å²) in [6, 6.07) is 59.9. The minimum absolute atomic E-state index is 0.145. The van der Waals surface area contributed by atoms with Crippen LogP contribution in [0.25, 0.3) is 123 Å². The highest BCUT2D eigenvalue weighted by molar-refractivity contribution is 7.26. The number of halogens is 3. The Morgan fingerprint density at radius 3 is 1.24 bits per heavy atom. The summed E-state index contributed by atoms with van der Waals surface area (Å²) in [4.78, 5) is 0. The number of nitriles is 2. The van der Waals surface area contributed by atoms with E-state index >= 15 is 0 Å². The third-order valence-corrected chi connectivity index (χ3v) is 15.8. The molecule has 67 heavy (non-hydrogen) atoms. The quantitative estimate of drug-likeness (QED) is 0.177. The number of hydrogen-bond donors (Lipinski definition) is 0. The lowest BCUT2D eigenvalue weighted by atomic mass is 10.0. The Balaban J connectivity index is 1.21. The van der Waals surface area contributed by atoms with E-state index in [1.165, 1.54) is 6.07 Å². The smallest absolute Gasteiger partial charge is 0.308 e. The summed E-state index contributed by atoms with van der Waals surface area (Å²) in [6.45, 7) is 0. The Bertz CT molecular complexity index is 4380. The average molecular weight is 904 g/mol. The number of rotatable bonds is 3. The van der Waals surface area contributed by atoms with Crippen LogP contribution in [0.5, 0.6) is 0 Å². The molecule has 0 aliphatic carbocycles. The molecule has 5 heterocycles. The molecule has 0 saturated heterocycles. The highest BCUT2D eigenvalue weighted by Gasteiger charge is 2.33. The maximum Gasteiger partial charge on any atom is 0.416 e. The number of benzene rings is 9. The van der Waals surface area contributed by atoms with E-state index in [0.29, 0.717) is 27.7 Å². The van der Waals surface area contributed by atoms with Gasteiger partial charge in [0.2, 0.25) is 0 Å². The molecule has 0 aliphatic heterocycles. The van der Waals surface area contributed by atoms with Gasteiger partial charge in [0.15, 0.2) is 0 Å². The first-order valence-electron chi connectivity index (χ1n) is 21.6. The van der Waals surface area contributed by atoms with E-state index in [4.69, 9.17) is 0 Å². The molecule has 0 unspecified atom stereocenters. The zero-order valence-electron chi connectivity index (χ0n) is 34.9. The van der Waals surface area contributed by atoms with Crippen LogP contribution < -0.4 is 0 Å². The van der Waals surface area contributed by atoms with Gasteiger partial charge in [-0.1, -0.05) is 97.1 Å². The van der Waals surface area contributed by atoms with Gasteiger partial charge in [0.25, 0.3) is 0 Å². The standard InChI is InChI=1S/C57H28F3N5S2/c58-57(59,60)31-21-22-35-32-11-1-8-18-46(32)65(47(35)23-31)56-42(29-61)48(63-44-16-6-2-12-33(44)38-24-40-36-14-4-9-19-52(36)66-54(40)27-50(38)63)26-49(43(56)30-62)64-45-17-7-3-13-34(45)39-25-41-37-15-5-10-20-53(37)67-55(41)28-51(39)64/h1-28H. The molecule has 0 aliphatic rings. The van der Waals surface area contributed by atoms with E-state index in [9.17, 15) is 23.7 Å².